The first kappa shape index (κ1) is 17.9. The van der Waals surface area contributed by atoms with Gasteiger partial charge in [-0.2, -0.15) is 0 Å². The van der Waals surface area contributed by atoms with Gasteiger partial charge in [-0.3, -0.25) is 9.59 Å². The molecule has 1 aliphatic heterocycles. The lowest BCUT2D eigenvalue weighted by Crippen LogP contribution is -2.28. The van der Waals surface area contributed by atoms with Gasteiger partial charge < -0.3 is 10.2 Å². The van der Waals surface area contributed by atoms with Crippen LogP contribution in [0, 0.1) is 11.6 Å². The lowest BCUT2D eigenvalue weighted by molar-refractivity contribution is 0.0987. The molecule has 0 atom stereocenters. The van der Waals surface area contributed by atoms with Crippen LogP contribution in [0.5, 0.6) is 0 Å². The van der Waals surface area contributed by atoms with E-state index in [2.05, 4.69) is 5.32 Å². The zero-order valence-corrected chi connectivity index (χ0v) is 14.8. The second-order valence-electron chi connectivity index (χ2n) is 6.50. The number of carbonyl (C=O) groups is 2. The Morgan fingerprint density at radius 2 is 1.64 bits per heavy atom. The molecule has 4 rings (SSSR count). The van der Waals surface area contributed by atoms with Crippen molar-refractivity contribution in [1.82, 2.24) is 0 Å². The average molecular weight is 378 g/mol. The molecule has 28 heavy (non-hydrogen) atoms. The molecule has 0 radical (unpaired) electrons. The zero-order chi connectivity index (χ0) is 19.7. The van der Waals surface area contributed by atoms with Crippen LogP contribution in [0.4, 0.5) is 20.2 Å². The average Bonchev–Trinajstić information content (AvgIpc) is 3.13. The van der Waals surface area contributed by atoms with Gasteiger partial charge in [0.15, 0.2) is 11.6 Å². The number of hydrogen-bond donors (Lipinski definition) is 1. The fraction of sp³-hybridized carbons (Fsp3) is 0.0909. The summed E-state index contributed by atoms with van der Waals surface area (Å²) in [6, 6.07) is 17.3. The van der Waals surface area contributed by atoms with Gasteiger partial charge in [-0.25, -0.2) is 8.78 Å². The normalized spacial score (nSPS) is 12.6. The molecule has 1 heterocycles. The number of nitrogens with one attached hydrogen (secondary N) is 1. The number of anilines is 2. The highest BCUT2D eigenvalue weighted by molar-refractivity contribution is 6.08. The number of rotatable bonds is 3. The van der Waals surface area contributed by atoms with Gasteiger partial charge in [0.05, 0.1) is 0 Å². The summed E-state index contributed by atoms with van der Waals surface area (Å²) in [5.74, 6) is -2.68. The Morgan fingerprint density at radius 3 is 2.39 bits per heavy atom. The Morgan fingerprint density at radius 1 is 0.857 bits per heavy atom. The maximum absolute atomic E-state index is 13.3. The number of hydrogen-bond acceptors (Lipinski definition) is 2. The molecule has 1 N–H and O–H groups in total. The van der Waals surface area contributed by atoms with Gasteiger partial charge in [0.2, 0.25) is 0 Å². The van der Waals surface area contributed by atoms with E-state index in [0.717, 1.165) is 23.4 Å². The summed E-state index contributed by atoms with van der Waals surface area (Å²) in [5, 5.41) is 2.68. The maximum atomic E-state index is 13.3. The van der Waals surface area contributed by atoms with Crippen LogP contribution in [0.2, 0.25) is 0 Å². The molecular formula is C22H16F2N2O2. The highest BCUT2D eigenvalue weighted by Crippen LogP contribution is 2.31. The van der Waals surface area contributed by atoms with Crippen LogP contribution in [-0.2, 0) is 6.42 Å². The third kappa shape index (κ3) is 3.36. The van der Waals surface area contributed by atoms with Crippen molar-refractivity contribution in [2.45, 2.75) is 6.42 Å². The van der Waals surface area contributed by atoms with Crippen molar-refractivity contribution in [3.05, 3.63) is 95.1 Å². The topological polar surface area (TPSA) is 49.4 Å². The van der Waals surface area contributed by atoms with E-state index in [-0.39, 0.29) is 11.5 Å². The van der Waals surface area contributed by atoms with Crippen LogP contribution in [0.25, 0.3) is 0 Å². The van der Waals surface area contributed by atoms with Gasteiger partial charge in [0, 0.05) is 29.0 Å². The molecular weight excluding hydrogens is 362 g/mol. The van der Waals surface area contributed by atoms with E-state index in [1.807, 2.05) is 18.2 Å². The van der Waals surface area contributed by atoms with Gasteiger partial charge in [-0.15, -0.1) is 0 Å². The quantitative estimate of drug-likeness (QED) is 0.734. The van der Waals surface area contributed by atoms with E-state index < -0.39 is 17.5 Å². The van der Waals surface area contributed by atoms with Crippen LogP contribution in [-0.4, -0.2) is 18.4 Å². The van der Waals surface area contributed by atoms with Crippen molar-refractivity contribution in [2.75, 3.05) is 16.8 Å². The van der Waals surface area contributed by atoms with Crippen molar-refractivity contribution in [1.29, 1.82) is 0 Å². The predicted octanol–water partition coefficient (Wildman–Crippen LogP) is 4.42. The molecule has 140 valence electrons. The largest absolute Gasteiger partial charge is 0.322 e. The van der Waals surface area contributed by atoms with Gasteiger partial charge >= 0.3 is 0 Å². The first-order valence-corrected chi connectivity index (χ1v) is 8.79. The lowest BCUT2D eigenvalue weighted by Gasteiger charge is -2.17. The van der Waals surface area contributed by atoms with Crippen molar-refractivity contribution in [2.24, 2.45) is 0 Å². The van der Waals surface area contributed by atoms with E-state index >= 15 is 0 Å². The standard InChI is InChI=1S/C22H16F2N2O2/c23-18-8-6-16(13-19(18)24)21(27)25-17-7-9-20-15(12-17)10-11-26(20)22(28)14-4-2-1-3-5-14/h1-9,12-13H,10-11H2,(H,25,27). The molecule has 3 aromatic carbocycles. The number of fused-ring (bicyclic) bond motifs is 1. The van der Waals surface area contributed by atoms with E-state index in [1.54, 1.807) is 35.2 Å². The summed E-state index contributed by atoms with van der Waals surface area (Å²) >= 11 is 0. The summed E-state index contributed by atoms with van der Waals surface area (Å²) in [6.45, 7) is 0.559. The highest BCUT2D eigenvalue weighted by atomic mass is 19.2. The van der Waals surface area contributed by atoms with E-state index in [9.17, 15) is 18.4 Å². The minimum Gasteiger partial charge on any atom is -0.322 e. The number of benzene rings is 3. The summed E-state index contributed by atoms with van der Waals surface area (Å²) in [4.78, 5) is 26.7. The molecule has 1 aliphatic rings. The first-order valence-electron chi connectivity index (χ1n) is 8.79. The fourth-order valence-corrected chi connectivity index (χ4v) is 3.27. The van der Waals surface area contributed by atoms with Crippen LogP contribution in [0.3, 0.4) is 0 Å². The number of halogens is 2. The Labute approximate surface area is 160 Å². The van der Waals surface area contributed by atoms with Crippen molar-refractivity contribution >= 4 is 23.2 Å². The van der Waals surface area contributed by atoms with Crippen LogP contribution >= 0.6 is 0 Å². The van der Waals surface area contributed by atoms with Gasteiger partial charge in [0.1, 0.15) is 0 Å². The molecule has 0 unspecified atom stereocenters. The smallest absolute Gasteiger partial charge is 0.258 e. The number of amides is 2. The van der Waals surface area contributed by atoms with Gasteiger partial charge in [-0.05, 0) is 60.5 Å². The third-order valence-corrected chi connectivity index (χ3v) is 4.68. The van der Waals surface area contributed by atoms with Gasteiger partial charge in [-0.1, -0.05) is 18.2 Å². The molecule has 6 heteroatoms. The van der Waals surface area contributed by atoms with Crippen molar-refractivity contribution < 1.29 is 18.4 Å². The summed E-state index contributed by atoms with van der Waals surface area (Å²) in [6.07, 6.45) is 0.669. The molecule has 4 nitrogen and oxygen atoms in total. The van der Waals surface area contributed by atoms with E-state index in [4.69, 9.17) is 0 Å². The summed E-state index contributed by atoms with van der Waals surface area (Å²) < 4.78 is 26.3. The maximum Gasteiger partial charge on any atom is 0.258 e. The molecule has 0 aliphatic carbocycles. The van der Waals surface area contributed by atoms with E-state index in [1.165, 1.54) is 6.07 Å². The first-order chi connectivity index (χ1) is 13.5. The summed E-state index contributed by atoms with van der Waals surface area (Å²) in [7, 11) is 0. The molecule has 0 saturated carbocycles. The third-order valence-electron chi connectivity index (χ3n) is 4.68. The highest BCUT2D eigenvalue weighted by Gasteiger charge is 2.25. The Kier molecular flexibility index (Phi) is 4.61. The zero-order valence-electron chi connectivity index (χ0n) is 14.8. The number of carbonyl (C=O) groups excluding carboxylic acids is 2. The van der Waals surface area contributed by atoms with E-state index in [0.29, 0.717) is 24.2 Å². The second-order valence-corrected chi connectivity index (χ2v) is 6.50. The molecule has 0 saturated heterocycles. The molecule has 0 bridgehead atoms. The van der Waals surface area contributed by atoms with Crippen LogP contribution in [0.15, 0.2) is 66.7 Å². The monoisotopic (exact) mass is 378 g/mol. The Hall–Kier alpha value is -3.54. The molecule has 0 fully saturated rings. The minimum atomic E-state index is -1.07. The molecule has 0 aromatic heterocycles. The number of nitrogens with zero attached hydrogens (tertiary/aromatic N) is 1. The fourth-order valence-electron chi connectivity index (χ4n) is 3.27. The van der Waals surface area contributed by atoms with Crippen LogP contribution < -0.4 is 10.2 Å². The van der Waals surface area contributed by atoms with Crippen LogP contribution in [0.1, 0.15) is 26.3 Å². The molecule has 2 amide bonds. The van der Waals surface area contributed by atoms with Crippen molar-refractivity contribution in [3.63, 3.8) is 0 Å². The second kappa shape index (κ2) is 7.23. The Balaban J connectivity index is 1.53. The SMILES string of the molecule is O=C(Nc1ccc2c(c1)CCN2C(=O)c1ccccc1)c1ccc(F)c(F)c1. The van der Waals surface area contributed by atoms with Gasteiger partial charge in [0.25, 0.3) is 11.8 Å². The predicted molar refractivity (Wildman–Crippen MR) is 103 cm³/mol. The van der Waals surface area contributed by atoms with Crippen molar-refractivity contribution in [3.8, 4) is 0 Å². The Bertz CT molecular complexity index is 1070. The lowest BCUT2D eigenvalue weighted by atomic mass is 10.1. The minimum absolute atomic E-state index is 0.0280. The molecule has 0 spiro atoms. The summed E-state index contributed by atoms with van der Waals surface area (Å²) in [5.41, 5.74) is 2.92. The molecule has 3 aromatic rings.